The van der Waals surface area contributed by atoms with Gasteiger partial charge in [0, 0.05) is 43.9 Å². The quantitative estimate of drug-likeness (QED) is 0.901. The second kappa shape index (κ2) is 5.37. The highest BCUT2D eigenvalue weighted by molar-refractivity contribution is 5.82. The van der Waals surface area contributed by atoms with Gasteiger partial charge in [0.1, 0.15) is 0 Å². The maximum absolute atomic E-state index is 12.8. The summed E-state index contributed by atoms with van der Waals surface area (Å²) < 4.78 is 1.98. The molecule has 5 heteroatoms. The number of carbonyl (C=O) groups is 1. The first-order valence-corrected chi connectivity index (χ1v) is 8.67. The third-order valence-electron chi connectivity index (χ3n) is 6.17. The van der Waals surface area contributed by atoms with Gasteiger partial charge in [0.05, 0.1) is 0 Å². The maximum atomic E-state index is 12.8. The predicted molar refractivity (Wildman–Crippen MR) is 84.4 cm³/mol. The van der Waals surface area contributed by atoms with Crippen molar-refractivity contribution in [2.45, 2.75) is 38.0 Å². The van der Waals surface area contributed by atoms with E-state index in [9.17, 15) is 4.79 Å². The fourth-order valence-electron chi connectivity index (χ4n) is 4.57. The number of likely N-dealkylation sites (tertiary alicyclic amines) is 1. The SMILES string of the molecule is Cn1nccc1C1CCN(C(=O)C2CC23CCNCC3)CC1. The molecule has 1 aliphatic carbocycles. The third kappa shape index (κ3) is 2.35. The van der Waals surface area contributed by atoms with Gasteiger partial charge in [-0.15, -0.1) is 0 Å². The topological polar surface area (TPSA) is 50.2 Å². The normalized spacial score (nSPS) is 28.0. The molecule has 1 aromatic heterocycles. The average Bonchev–Trinajstić information content (AvgIpc) is 3.05. The molecule has 1 amide bonds. The van der Waals surface area contributed by atoms with Crippen molar-refractivity contribution in [3.05, 3.63) is 18.0 Å². The van der Waals surface area contributed by atoms with E-state index in [0.717, 1.165) is 45.4 Å². The summed E-state index contributed by atoms with van der Waals surface area (Å²) in [6.07, 6.45) is 7.54. The number of amides is 1. The number of rotatable bonds is 2. The molecular weight excluding hydrogens is 276 g/mol. The zero-order valence-corrected chi connectivity index (χ0v) is 13.4. The van der Waals surface area contributed by atoms with Crippen LogP contribution < -0.4 is 5.32 Å². The predicted octanol–water partition coefficient (Wildman–Crippen LogP) is 1.52. The van der Waals surface area contributed by atoms with Crippen LogP contribution >= 0.6 is 0 Å². The monoisotopic (exact) mass is 302 g/mol. The van der Waals surface area contributed by atoms with Crippen molar-refractivity contribution >= 4 is 5.91 Å². The Bertz CT molecular complexity index is 553. The number of piperidine rings is 2. The lowest BCUT2D eigenvalue weighted by molar-refractivity contribution is -0.134. The fourth-order valence-corrected chi connectivity index (χ4v) is 4.57. The molecule has 22 heavy (non-hydrogen) atoms. The number of aryl methyl sites for hydroxylation is 1. The highest BCUT2D eigenvalue weighted by Gasteiger charge is 2.58. The van der Waals surface area contributed by atoms with Crippen LogP contribution in [0.2, 0.25) is 0 Å². The zero-order valence-electron chi connectivity index (χ0n) is 13.4. The van der Waals surface area contributed by atoms with Gasteiger partial charge in [0.2, 0.25) is 5.91 Å². The van der Waals surface area contributed by atoms with Crippen molar-refractivity contribution in [2.24, 2.45) is 18.4 Å². The Hall–Kier alpha value is -1.36. The Morgan fingerprint density at radius 1 is 1.32 bits per heavy atom. The number of nitrogens with zero attached hydrogens (tertiary/aromatic N) is 3. The van der Waals surface area contributed by atoms with Gasteiger partial charge < -0.3 is 10.2 Å². The molecule has 2 saturated heterocycles. The van der Waals surface area contributed by atoms with Gasteiger partial charge >= 0.3 is 0 Å². The van der Waals surface area contributed by atoms with Crippen molar-refractivity contribution in [2.75, 3.05) is 26.2 Å². The summed E-state index contributed by atoms with van der Waals surface area (Å²) in [7, 11) is 2.01. The summed E-state index contributed by atoms with van der Waals surface area (Å²) in [6, 6.07) is 2.12. The van der Waals surface area contributed by atoms with E-state index in [-0.39, 0.29) is 0 Å². The van der Waals surface area contributed by atoms with E-state index in [1.165, 1.54) is 18.5 Å². The summed E-state index contributed by atoms with van der Waals surface area (Å²) in [4.78, 5) is 14.9. The van der Waals surface area contributed by atoms with Crippen LogP contribution in [0.3, 0.4) is 0 Å². The molecule has 1 saturated carbocycles. The first-order chi connectivity index (χ1) is 10.7. The van der Waals surface area contributed by atoms with E-state index in [4.69, 9.17) is 0 Å². The van der Waals surface area contributed by atoms with E-state index in [2.05, 4.69) is 21.4 Å². The number of nitrogens with one attached hydrogen (secondary N) is 1. The van der Waals surface area contributed by atoms with Crippen molar-refractivity contribution in [1.82, 2.24) is 20.0 Å². The molecule has 0 radical (unpaired) electrons. The minimum absolute atomic E-state index is 0.322. The molecule has 3 aliphatic rings. The highest BCUT2D eigenvalue weighted by atomic mass is 16.2. The number of hydrogen-bond acceptors (Lipinski definition) is 3. The Labute approximate surface area is 132 Å². The fraction of sp³-hybridized carbons (Fsp3) is 0.765. The van der Waals surface area contributed by atoms with Crippen molar-refractivity contribution in [1.29, 1.82) is 0 Å². The van der Waals surface area contributed by atoms with Gasteiger partial charge in [-0.05, 0) is 56.7 Å². The molecule has 1 N–H and O–H groups in total. The second-order valence-corrected chi connectivity index (χ2v) is 7.35. The van der Waals surface area contributed by atoms with E-state index >= 15 is 0 Å². The molecule has 1 unspecified atom stereocenters. The lowest BCUT2D eigenvalue weighted by atomic mass is 9.90. The Balaban J connectivity index is 1.34. The van der Waals surface area contributed by atoms with Crippen molar-refractivity contribution < 1.29 is 4.79 Å². The summed E-state index contributed by atoms with van der Waals surface area (Å²) >= 11 is 0. The molecule has 0 aromatic carbocycles. The van der Waals surface area contributed by atoms with Crippen LogP contribution in [0, 0.1) is 11.3 Å². The first kappa shape index (κ1) is 14.2. The number of hydrogen-bond donors (Lipinski definition) is 1. The number of carbonyl (C=O) groups excluding carboxylic acids is 1. The molecule has 0 bridgehead atoms. The van der Waals surface area contributed by atoms with Crippen LogP contribution in [0.1, 0.15) is 43.7 Å². The smallest absolute Gasteiger partial charge is 0.226 e. The standard InChI is InChI=1S/C17H26N4O/c1-20-15(2-7-19-20)13-3-10-21(11-4-13)16(22)14-12-17(14)5-8-18-9-6-17/h2,7,13-14,18H,3-6,8-12H2,1H3. The van der Waals surface area contributed by atoms with Gasteiger partial charge in [-0.25, -0.2) is 0 Å². The molecule has 1 atom stereocenters. The molecule has 120 valence electrons. The molecule has 5 nitrogen and oxygen atoms in total. The van der Waals surface area contributed by atoms with Crippen LogP contribution in [0.15, 0.2) is 12.3 Å². The zero-order chi connectivity index (χ0) is 15.2. The van der Waals surface area contributed by atoms with Gasteiger partial charge in [-0.2, -0.15) is 5.10 Å². The summed E-state index contributed by atoms with van der Waals surface area (Å²) in [5, 5.41) is 7.68. The minimum atomic E-state index is 0.322. The molecule has 1 spiro atoms. The van der Waals surface area contributed by atoms with Crippen molar-refractivity contribution in [3.63, 3.8) is 0 Å². The molecule has 1 aromatic rings. The third-order valence-corrected chi connectivity index (χ3v) is 6.17. The van der Waals surface area contributed by atoms with E-state index in [1.807, 2.05) is 17.9 Å². The lowest BCUT2D eigenvalue weighted by Crippen LogP contribution is -2.41. The van der Waals surface area contributed by atoms with Gasteiger partial charge in [-0.3, -0.25) is 9.48 Å². The van der Waals surface area contributed by atoms with Crippen molar-refractivity contribution in [3.8, 4) is 0 Å². The van der Waals surface area contributed by atoms with Crippen LogP contribution in [-0.2, 0) is 11.8 Å². The maximum Gasteiger partial charge on any atom is 0.226 e. The molecule has 4 rings (SSSR count). The van der Waals surface area contributed by atoms with Crippen LogP contribution in [0.5, 0.6) is 0 Å². The van der Waals surface area contributed by atoms with E-state index < -0.39 is 0 Å². The highest BCUT2D eigenvalue weighted by Crippen LogP contribution is 2.59. The lowest BCUT2D eigenvalue weighted by Gasteiger charge is -2.33. The second-order valence-electron chi connectivity index (χ2n) is 7.35. The van der Waals surface area contributed by atoms with Gasteiger partial charge in [0.25, 0.3) is 0 Å². The van der Waals surface area contributed by atoms with Crippen LogP contribution in [0.4, 0.5) is 0 Å². The molecule has 2 aliphatic heterocycles. The molecule has 3 heterocycles. The van der Waals surface area contributed by atoms with Gasteiger partial charge in [0.15, 0.2) is 0 Å². The summed E-state index contributed by atoms with van der Waals surface area (Å²) in [6.45, 7) is 4.01. The van der Waals surface area contributed by atoms with E-state index in [1.54, 1.807) is 0 Å². The summed E-state index contributed by atoms with van der Waals surface area (Å²) in [5.74, 6) is 1.32. The number of aromatic nitrogens is 2. The minimum Gasteiger partial charge on any atom is -0.342 e. The molecular formula is C17H26N4O. The van der Waals surface area contributed by atoms with Crippen LogP contribution in [-0.4, -0.2) is 46.8 Å². The first-order valence-electron chi connectivity index (χ1n) is 8.67. The van der Waals surface area contributed by atoms with E-state index in [0.29, 0.717) is 23.2 Å². The summed E-state index contributed by atoms with van der Waals surface area (Å²) in [5.41, 5.74) is 1.68. The Kier molecular flexibility index (Phi) is 3.48. The van der Waals surface area contributed by atoms with Gasteiger partial charge in [-0.1, -0.05) is 0 Å². The van der Waals surface area contributed by atoms with Crippen LogP contribution in [0.25, 0.3) is 0 Å². The Morgan fingerprint density at radius 2 is 2.05 bits per heavy atom. The Morgan fingerprint density at radius 3 is 2.68 bits per heavy atom. The average molecular weight is 302 g/mol. The largest absolute Gasteiger partial charge is 0.342 e. The molecule has 3 fully saturated rings.